The Hall–Kier alpha value is -2.39. The lowest BCUT2D eigenvalue weighted by Crippen LogP contribution is -2.23. The van der Waals surface area contributed by atoms with Gasteiger partial charge in [0.1, 0.15) is 10.0 Å². The molecule has 1 N–H and O–H groups in total. The fourth-order valence-electron chi connectivity index (χ4n) is 2.40. The Morgan fingerprint density at radius 2 is 2.04 bits per heavy atom. The number of aromatic nitrogens is 3. The lowest BCUT2D eigenvalue weighted by Gasteiger charge is -2.15. The Balaban J connectivity index is 1.93. The van der Waals surface area contributed by atoms with Crippen molar-refractivity contribution in [2.75, 3.05) is 5.32 Å². The Morgan fingerprint density at radius 1 is 1.30 bits per heavy atom. The maximum atomic E-state index is 12.9. The van der Waals surface area contributed by atoms with Gasteiger partial charge >= 0.3 is 6.18 Å². The maximum absolute atomic E-state index is 12.9. The van der Waals surface area contributed by atoms with E-state index in [1.54, 1.807) is 6.20 Å². The van der Waals surface area contributed by atoms with Crippen LogP contribution in [0.2, 0.25) is 5.02 Å². The predicted octanol–water partition coefficient (Wildman–Crippen LogP) is 4.84. The first-order chi connectivity index (χ1) is 12.7. The summed E-state index contributed by atoms with van der Waals surface area (Å²) in [5.74, 6) is 0. The number of nitrogens with zero attached hydrogens (tertiary/aromatic N) is 3. The molecule has 2 heterocycles. The second kappa shape index (κ2) is 7.32. The van der Waals surface area contributed by atoms with Gasteiger partial charge in [0.25, 0.3) is 5.56 Å². The fraction of sp³-hybridized carbons (Fsp3) is 0.235. The van der Waals surface area contributed by atoms with Crippen LogP contribution in [0, 0.1) is 6.92 Å². The number of benzene rings is 1. The molecule has 0 aliphatic rings. The van der Waals surface area contributed by atoms with E-state index in [9.17, 15) is 18.0 Å². The van der Waals surface area contributed by atoms with E-state index >= 15 is 0 Å². The molecule has 0 bridgehead atoms. The highest BCUT2D eigenvalue weighted by Gasteiger charge is 2.30. The highest BCUT2D eigenvalue weighted by atomic mass is 35.5. The summed E-state index contributed by atoms with van der Waals surface area (Å²) < 4.78 is 39.5. The molecule has 3 aromatic rings. The lowest BCUT2D eigenvalue weighted by atomic mass is 10.2. The van der Waals surface area contributed by atoms with Crippen molar-refractivity contribution in [2.45, 2.75) is 26.1 Å². The van der Waals surface area contributed by atoms with Gasteiger partial charge in [-0.1, -0.05) is 17.7 Å². The molecule has 0 amide bonds. The van der Waals surface area contributed by atoms with E-state index in [4.69, 9.17) is 11.6 Å². The Labute approximate surface area is 161 Å². The van der Waals surface area contributed by atoms with Crippen molar-refractivity contribution in [1.29, 1.82) is 0 Å². The highest BCUT2D eigenvalue weighted by molar-refractivity contribution is 7.11. The van der Waals surface area contributed by atoms with Crippen molar-refractivity contribution >= 4 is 28.6 Å². The number of hydrogen-bond donors (Lipinski definition) is 1. The molecule has 5 nitrogen and oxygen atoms in total. The van der Waals surface area contributed by atoms with E-state index in [1.807, 2.05) is 13.8 Å². The van der Waals surface area contributed by atoms with Crippen LogP contribution in [0.4, 0.5) is 18.9 Å². The minimum atomic E-state index is -4.52. The molecular weight excluding hydrogens is 401 g/mol. The average molecular weight is 415 g/mol. The van der Waals surface area contributed by atoms with Crippen LogP contribution in [0.1, 0.15) is 28.4 Å². The van der Waals surface area contributed by atoms with Crippen LogP contribution in [0.25, 0.3) is 5.69 Å². The fourth-order valence-corrected chi connectivity index (χ4v) is 3.36. The third-order valence-corrected chi connectivity index (χ3v) is 5.18. The summed E-state index contributed by atoms with van der Waals surface area (Å²) in [6.07, 6.45) is -1.48. The van der Waals surface area contributed by atoms with E-state index in [0.29, 0.717) is 0 Å². The molecule has 0 saturated heterocycles. The molecule has 0 fully saturated rings. The van der Waals surface area contributed by atoms with Gasteiger partial charge in [-0.15, -0.1) is 11.3 Å². The van der Waals surface area contributed by atoms with Crippen LogP contribution >= 0.6 is 22.9 Å². The monoisotopic (exact) mass is 414 g/mol. The Kier molecular flexibility index (Phi) is 5.25. The first-order valence-electron chi connectivity index (χ1n) is 7.81. The zero-order valence-corrected chi connectivity index (χ0v) is 15.8. The number of halogens is 4. The number of nitrogens with one attached hydrogen (secondary N) is 1. The largest absolute Gasteiger partial charge is 0.416 e. The second-order valence-corrected chi connectivity index (χ2v) is 7.46. The number of thiazole rings is 1. The summed E-state index contributed by atoms with van der Waals surface area (Å²) in [5.41, 5.74) is -1.33. The minimum Gasteiger partial charge on any atom is -0.373 e. The molecule has 1 aromatic carbocycles. The van der Waals surface area contributed by atoms with Gasteiger partial charge in [-0.25, -0.2) is 4.98 Å². The van der Waals surface area contributed by atoms with Crippen LogP contribution < -0.4 is 10.9 Å². The van der Waals surface area contributed by atoms with Crippen molar-refractivity contribution in [3.63, 3.8) is 0 Å². The molecule has 3 rings (SSSR count). The number of hydrogen-bond acceptors (Lipinski definition) is 5. The molecule has 2 aromatic heterocycles. The van der Waals surface area contributed by atoms with Gasteiger partial charge in [-0.2, -0.15) is 23.0 Å². The standard InChI is InChI=1S/C17H14ClF3N4OS/c1-9-7-22-15(27-9)10(2)24-13-8-23-25(16(26)14(13)18)12-5-3-4-11(6-12)17(19,20)21/h3-8,10,24H,1-2H3. The van der Waals surface area contributed by atoms with Gasteiger partial charge in [0.15, 0.2) is 0 Å². The first kappa shape index (κ1) is 19.4. The molecule has 27 heavy (non-hydrogen) atoms. The Morgan fingerprint density at radius 3 is 2.67 bits per heavy atom. The van der Waals surface area contributed by atoms with Crippen molar-refractivity contribution in [1.82, 2.24) is 14.8 Å². The SMILES string of the molecule is Cc1cnc(C(C)Nc2cnn(-c3cccc(C(F)(F)F)c3)c(=O)c2Cl)s1. The molecule has 0 aliphatic carbocycles. The summed E-state index contributed by atoms with van der Waals surface area (Å²) in [4.78, 5) is 17.8. The van der Waals surface area contributed by atoms with Gasteiger partial charge in [-0.05, 0) is 32.0 Å². The molecule has 1 unspecified atom stereocenters. The van der Waals surface area contributed by atoms with Crippen molar-refractivity contribution < 1.29 is 13.2 Å². The average Bonchev–Trinajstić information content (AvgIpc) is 3.05. The van der Waals surface area contributed by atoms with Crippen LogP contribution in [0.3, 0.4) is 0 Å². The zero-order valence-electron chi connectivity index (χ0n) is 14.2. The maximum Gasteiger partial charge on any atom is 0.416 e. The summed E-state index contributed by atoms with van der Waals surface area (Å²) in [5, 5.41) is 7.66. The smallest absolute Gasteiger partial charge is 0.373 e. The summed E-state index contributed by atoms with van der Waals surface area (Å²) >= 11 is 7.64. The summed E-state index contributed by atoms with van der Waals surface area (Å²) in [6.45, 7) is 3.78. The van der Waals surface area contributed by atoms with E-state index in [-0.39, 0.29) is 22.4 Å². The number of alkyl halides is 3. The lowest BCUT2D eigenvalue weighted by molar-refractivity contribution is -0.137. The molecule has 0 aliphatic heterocycles. The van der Waals surface area contributed by atoms with Crippen LogP contribution in [-0.2, 0) is 6.18 Å². The van der Waals surface area contributed by atoms with Gasteiger partial charge in [-0.3, -0.25) is 4.79 Å². The topological polar surface area (TPSA) is 59.8 Å². The third-order valence-electron chi connectivity index (χ3n) is 3.72. The second-order valence-electron chi connectivity index (χ2n) is 5.81. The van der Waals surface area contributed by atoms with Crippen LogP contribution in [0.5, 0.6) is 0 Å². The molecular formula is C17H14ClF3N4OS. The normalized spacial score (nSPS) is 12.8. The zero-order chi connectivity index (χ0) is 19.8. The van der Waals surface area contributed by atoms with E-state index in [1.165, 1.54) is 29.7 Å². The van der Waals surface area contributed by atoms with E-state index in [0.717, 1.165) is 26.7 Å². The Bertz CT molecular complexity index is 1030. The molecule has 0 saturated carbocycles. The quantitative estimate of drug-likeness (QED) is 0.663. The van der Waals surface area contributed by atoms with Crippen LogP contribution in [0.15, 0.2) is 41.5 Å². The minimum absolute atomic E-state index is 0.0214. The van der Waals surface area contributed by atoms with Crippen molar-refractivity contribution in [2.24, 2.45) is 0 Å². The van der Waals surface area contributed by atoms with E-state index < -0.39 is 17.3 Å². The molecule has 142 valence electrons. The molecule has 1 atom stereocenters. The molecule has 0 radical (unpaired) electrons. The number of anilines is 1. The van der Waals surface area contributed by atoms with Crippen molar-refractivity contribution in [3.8, 4) is 5.69 Å². The highest BCUT2D eigenvalue weighted by Crippen LogP contribution is 2.30. The molecule has 10 heteroatoms. The number of rotatable bonds is 4. The third kappa shape index (κ3) is 4.14. The van der Waals surface area contributed by atoms with Gasteiger partial charge in [0, 0.05) is 11.1 Å². The van der Waals surface area contributed by atoms with Gasteiger partial charge in [0.2, 0.25) is 0 Å². The van der Waals surface area contributed by atoms with Crippen molar-refractivity contribution in [3.05, 3.63) is 67.5 Å². The molecule has 0 spiro atoms. The summed E-state index contributed by atoms with van der Waals surface area (Å²) in [7, 11) is 0. The predicted molar refractivity (Wildman–Crippen MR) is 98.7 cm³/mol. The number of aryl methyl sites for hydroxylation is 1. The summed E-state index contributed by atoms with van der Waals surface area (Å²) in [6, 6.07) is 4.11. The van der Waals surface area contributed by atoms with Gasteiger partial charge < -0.3 is 5.32 Å². The van der Waals surface area contributed by atoms with Crippen LogP contribution in [-0.4, -0.2) is 14.8 Å². The van der Waals surface area contributed by atoms with E-state index in [2.05, 4.69) is 15.4 Å². The van der Waals surface area contributed by atoms with Gasteiger partial charge in [0.05, 0.1) is 29.2 Å². The first-order valence-corrected chi connectivity index (χ1v) is 9.00.